The Bertz CT molecular complexity index is 1300. The molecule has 0 amide bonds. The van der Waals surface area contributed by atoms with Crippen LogP contribution in [0.4, 0.5) is 11.4 Å². The summed E-state index contributed by atoms with van der Waals surface area (Å²) in [6.07, 6.45) is 0. The Morgan fingerprint density at radius 3 is 1.60 bits per heavy atom. The summed E-state index contributed by atoms with van der Waals surface area (Å²) in [4.78, 5) is 4.75. The van der Waals surface area contributed by atoms with Crippen molar-refractivity contribution < 1.29 is 16.6 Å². The summed E-state index contributed by atoms with van der Waals surface area (Å²) in [5.74, 6) is 0.779. The van der Waals surface area contributed by atoms with Gasteiger partial charge in [0.15, 0.2) is 0 Å². The van der Waals surface area contributed by atoms with E-state index in [0.29, 0.717) is 0 Å². The normalized spacial score (nSPS) is 14.5. The number of nitrogens with zero attached hydrogens (tertiary/aromatic N) is 2. The monoisotopic (exact) mass is 598 g/mol. The maximum atomic E-state index is 7.47. The SMILES string of the molecule is COc1ccccc1[CH]=[Ru-4]([Cl])([Cl])=[C]1N(c2c(C)cc(C)cc2C)CCN1c1c(C)cc(C)cc1C. The molecule has 0 atom stereocenters. The van der Waals surface area contributed by atoms with Crippen LogP contribution in [0.2, 0.25) is 0 Å². The number of anilines is 2. The Labute approximate surface area is 220 Å². The Balaban J connectivity index is 2.05. The number of hydrogen-bond acceptors (Lipinski definition) is 3. The fourth-order valence-electron chi connectivity index (χ4n) is 5.31. The number of rotatable bonds is 4. The molecule has 1 aliphatic rings. The molecule has 1 saturated heterocycles. The molecule has 1 aliphatic heterocycles. The molecule has 1 heterocycles. The van der Waals surface area contributed by atoms with Gasteiger partial charge in [-0.2, -0.15) is 0 Å². The van der Waals surface area contributed by atoms with E-state index in [1.807, 2.05) is 24.3 Å². The van der Waals surface area contributed by atoms with Gasteiger partial charge in [0.05, 0.1) is 0 Å². The molecule has 0 saturated carbocycles. The van der Waals surface area contributed by atoms with Crippen LogP contribution in [0, 0.1) is 41.5 Å². The molecule has 0 spiro atoms. The predicted octanol–water partition coefficient (Wildman–Crippen LogP) is 7.27. The zero-order valence-corrected chi connectivity index (χ0v) is 24.8. The number of halogens is 2. The number of benzene rings is 3. The molecule has 35 heavy (non-hydrogen) atoms. The van der Waals surface area contributed by atoms with Gasteiger partial charge in [-0.1, -0.05) is 0 Å². The molecule has 3 aromatic rings. The second-order valence-electron chi connectivity index (χ2n) is 9.34. The second kappa shape index (κ2) is 10.2. The predicted molar refractivity (Wildman–Crippen MR) is 151 cm³/mol. The third-order valence-corrected chi connectivity index (χ3v) is 11.9. The van der Waals surface area contributed by atoms with Gasteiger partial charge in [0.1, 0.15) is 0 Å². The van der Waals surface area contributed by atoms with Gasteiger partial charge < -0.3 is 0 Å². The molecule has 6 heteroatoms. The maximum absolute atomic E-state index is 7.47. The van der Waals surface area contributed by atoms with Crippen LogP contribution >= 0.6 is 19.4 Å². The van der Waals surface area contributed by atoms with Gasteiger partial charge in [-0.05, 0) is 0 Å². The van der Waals surface area contributed by atoms with E-state index < -0.39 is 11.9 Å². The van der Waals surface area contributed by atoms with Crippen molar-refractivity contribution in [3.63, 3.8) is 0 Å². The van der Waals surface area contributed by atoms with Crippen LogP contribution < -0.4 is 14.5 Å². The first-order chi connectivity index (χ1) is 16.5. The zero-order chi connectivity index (χ0) is 25.5. The van der Waals surface area contributed by atoms with E-state index in [0.717, 1.165) is 28.8 Å². The summed E-state index contributed by atoms with van der Waals surface area (Å²) in [5, 5.41) is 0. The van der Waals surface area contributed by atoms with E-state index >= 15 is 0 Å². The molecule has 0 unspecified atom stereocenters. The van der Waals surface area contributed by atoms with Gasteiger partial charge in [0.25, 0.3) is 0 Å². The Hall–Kier alpha value is -2.00. The molecule has 1 fully saturated rings. The molecular formula is C29H34Cl2N2ORu-4. The fraction of sp³-hybridized carbons (Fsp3) is 0.310. The Morgan fingerprint density at radius 2 is 1.17 bits per heavy atom. The van der Waals surface area contributed by atoms with Crippen LogP contribution in [-0.4, -0.2) is 29.2 Å². The van der Waals surface area contributed by atoms with Gasteiger partial charge in [-0.25, -0.2) is 0 Å². The first-order valence-corrected chi connectivity index (χ1v) is 18.1. The Kier molecular flexibility index (Phi) is 7.58. The number of ether oxygens (including phenoxy) is 1. The quantitative estimate of drug-likeness (QED) is 0.294. The van der Waals surface area contributed by atoms with Crippen LogP contribution in [0.5, 0.6) is 5.75 Å². The summed E-state index contributed by atoms with van der Waals surface area (Å²) < 4.78 is 8.70. The van der Waals surface area contributed by atoms with E-state index in [9.17, 15) is 0 Å². The van der Waals surface area contributed by atoms with E-state index in [1.54, 1.807) is 7.11 Å². The van der Waals surface area contributed by atoms with Crippen molar-refractivity contribution in [2.45, 2.75) is 41.5 Å². The molecular weight excluding hydrogens is 564 g/mol. The molecule has 0 aliphatic carbocycles. The van der Waals surface area contributed by atoms with Crippen LogP contribution in [0.25, 0.3) is 0 Å². The third kappa shape index (κ3) is 5.12. The molecule has 3 nitrogen and oxygen atoms in total. The topological polar surface area (TPSA) is 15.7 Å². The van der Waals surface area contributed by atoms with Crippen molar-refractivity contribution in [2.24, 2.45) is 0 Å². The number of aryl methyl sites for hydroxylation is 6. The Morgan fingerprint density at radius 1 is 0.743 bits per heavy atom. The van der Waals surface area contributed by atoms with Crippen LogP contribution in [0.3, 0.4) is 0 Å². The number of para-hydroxylation sites is 1. The van der Waals surface area contributed by atoms with Crippen LogP contribution in [0.1, 0.15) is 38.9 Å². The molecule has 0 radical (unpaired) electrons. The molecule has 192 valence electrons. The van der Waals surface area contributed by atoms with Gasteiger partial charge in [0, 0.05) is 0 Å². The van der Waals surface area contributed by atoms with E-state index in [4.69, 9.17) is 24.1 Å². The van der Waals surface area contributed by atoms with Crippen molar-refractivity contribution >= 4 is 39.7 Å². The van der Waals surface area contributed by atoms with Crippen molar-refractivity contribution in [3.8, 4) is 5.75 Å². The molecule has 4 rings (SSSR count). The second-order valence-corrected chi connectivity index (χ2v) is 18.6. The molecule has 0 bridgehead atoms. The number of methoxy groups -OCH3 is 1. The van der Waals surface area contributed by atoms with Crippen molar-refractivity contribution in [1.29, 1.82) is 0 Å². The summed E-state index contributed by atoms with van der Waals surface area (Å²) in [7, 11) is 16.6. The van der Waals surface area contributed by atoms with E-state index in [-0.39, 0.29) is 0 Å². The molecule has 0 N–H and O–H groups in total. The van der Waals surface area contributed by atoms with Gasteiger partial charge in [-0.3, -0.25) is 0 Å². The average molecular weight is 599 g/mol. The molecule has 0 aromatic heterocycles. The van der Waals surface area contributed by atoms with Gasteiger partial charge in [0.2, 0.25) is 0 Å². The summed E-state index contributed by atoms with van der Waals surface area (Å²) >= 11 is -3.58. The van der Waals surface area contributed by atoms with Gasteiger partial charge in [-0.15, -0.1) is 0 Å². The summed E-state index contributed by atoms with van der Waals surface area (Å²) in [6.45, 7) is 14.7. The third-order valence-electron chi connectivity index (χ3n) is 6.38. The average Bonchev–Trinajstić information content (AvgIpc) is 3.17. The minimum atomic E-state index is -3.58. The summed E-state index contributed by atoms with van der Waals surface area (Å²) in [5.41, 5.74) is 10.8. The fourth-order valence-corrected chi connectivity index (χ4v) is 11.3. The van der Waals surface area contributed by atoms with Crippen LogP contribution in [-0.2, 0) is 11.9 Å². The van der Waals surface area contributed by atoms with Crippen molar-refractivity contribution in [3.05, 3.63) is 87.5 Å². The minimum absolute atomic E-state index is 0.779. The number of hydrogen-bond donors (Lipinski definition) is 0. The summed E-state index contributed by atoms with van der Waals surface area (Å²) in [6, 6.07) is 16.9. The van der Waals surface area contributed by atoms with Crippen molar-refractivity contribution in [1.82, 2.24) is 0 Å². The van der Waals surface area contributed by atoms with E-state index in [2.05, 4.69) is 80.2 Å². The van der Waals surface area contributed by atoms with Crippen LogP contribution in [0.15, 0.2) is 48.5 Å². The van der Waals surface area contributed by atoms with Gasteiger partial charge >= 0.3 is 221 Å². The zero-order valence-electron chi connectivity index (χ0n) is 21.5. The van der Waals surface area contributed by atoms with Crippen molar-refractivity contribution in [2.75, 3.05) is 30.0 Å². The van der Waals surface area contributed by atoms with E-state index in [1.165, 1.54) is 44.8 Å². The molecule has 3 aromatic carbocycles. The first-order valence-electron chi connectivity index (χ1n) is 11.7. The standard InChI is InChI=1S/C21H26N2.C8H8O.2ClH.Ru/c1-14-9-16(3)20(17(4)10-14)22-7-8-23(13-22)21-18(5)11-15(2)12-19(21)6;1-7-5-3-4-6-8(7)9-2;;;/h9-12H,7-8H2,1-6H3;1,3-6H,2H3;2*1H;/q;;;;-2/p-2. The first kappa shape index (κ1) is 26.1.